The quantitative estimate of drug-likeness (QED) is 0.446. The number of nitrogens with zero attached hydrogens (tertiary/aromatic N) is 3. The molecule has 2 rings (SSSR count). The van der Waals surface area contributed by atoms with Crippen molar-refractivity contribution in [3.63, 3.8) is 0 Å². The summed E-state index contributed by atoms with van der Waals surface area (Å²) in [5.74, 6) is 1.01. The summed E-state index contributed by atoms with van der Waals surface area (Å²) < 4.78 is 6.03. The summed E-state index contributed by atoms with van der Waals surface area (Å²) in [6.07, 6.45) is 2.19. The first kappa shape index (κ1) is 19.2. The van der Waals surface area contributed by atoms with Crippen molar-refractivity contribution in [3.8, 4) is 0 Å². The van der Waals surface area contributed by atoms with Crippen LogP contribution in [0.2, 0.25) is 5.02 Å². The van der Waals surface area contributed by atoms with Gasteiger partial charge in [-0.1, -0.05) is 24.9 Å². The van der Waals surface area contributed by atoms with Crippen LogP contribution in [-0.2, 0) is 16.1 Å². The number of ether oxygens (including phenoxy) is 1. The summed E-state index contributed by atoms with van der Waals surface area (Å²) in [6, 6.07) is 3.78. The first-order chi connectivity index (χ1) is 11.5. The first-order valence-corrected chi connectivity index (χ1v) is 9.45. The second-order valence-corrected chi connectivity index (χ2v) is 7.06. The van der Waals surface area contributed by atoms with Crippen LogP contribution >= 0.6 is 34.2 Å². The molecule has 0 amide bonds. The third kappa shape index (κ3) is 4.69. The Morgan fingerprint density at radius 3 is 2.71 bits per heavy atom. The number of hydrogen-bond acceptors (Lipinski definition) is 5. The average molecular weight is 462 g/mol. The van der Waals surface area contributed by atoms with Crippen molar-refractivity contribution >= 4 is 56.9 Å². The molecule has 1 aromatic heterocycles. The number of aromatic nitrogens is 2. The zero-order valence-corrected chi connectivity index (χ0v) is 17.0. The largest absolute Gasteiger partial charge is 0.458 e. The highest BCUT2D eigenvalue weighted by molar-refractivity contribution is 14.1. The number of anilines is 1. The van der Waals surface area contributed by atoms with E-state index in [0.29, 0.717) is 10.8 Å². The summed E-state index contributed by atoms with van der Waals surface area (Å²) in [7, 11) is 0. The van der Waals surface area contributed by atoms with Gasteiger partial charge in [0.05, 0.1) is 5.52 Å². The second kappa shape index (κ2) is 8.80. The molecule has 24 heavy (non-hydrogen) atoms. The van der Waals surface area contributed by atoms with E-state index in [-0.39, 0.29) is 12.6 Å². The fourth-order valence-electron chi connectivity index (χ4n) is 2.42. The summed E-state index contributed by atoms with van der Waals surface area (Å²) in [5.41, 5.74) is 0.835. The van der Waals surface area contributed by atoms with Crippen molar-refractivity contribution in [2.75, 3.05) is 18.0 Å². The van der Waals surface area contributed by atoms with E-state index in [1.165, 1.54) is 6.92 Å². The Bertz CT molecular complexity index is 739. The standard InChI is InChI=1S/C17H21ClIN3O2/c1-4-6-7-22(5-2)17-13-8-12(18)9-14(19)16(13)20-15(21-17)10-24-11(3)23/h8-9H,4-7,10H2,1-3H3. The molecule has 0 aliphatic heterocycles. The van der Waals surface area contributed by atoms with Gasteiger partial charge in [0.2, 0.25) is 0 Å². The molecule has 2 aromatic rings. The van der Waals surface area contributed by atoms with Gasteiger partial charge in [-0.2, -0.15) is 0 Å². The SMILES string of the molecule is CCCCN(CC)c1nc(COC(C)=O)nc2c(I)cc(Cl)cc12. The molecule has 0 unspecified atom stereocenters. The number of benzene rings is 1. The van der Waals surface area contributed by atoms with Crippen molar-refractivity contribution in [2.24, 2.45) is 0 Å². The lowest BCUT2D eigenvalue weighted by molar-refractivity contribution is -0.142. The first-order valence-electron chi connectivity index (χ1n) is 8.00. The highest BCUT2D eigenvalue weighted by Gasteiger charge is 2.16. The number of esters is 1. The zero-order chi connectivity index (χ0) is 17.7. The van der Waals surface area contributed by atoms with Gasteiger partial charge >= 0.3 is 5.97 Å². The Labute approximate surface area is 160 Å². The predicted octanol–water partition coefficient (Wildman–Crippen LogP) is 4.58. The number of unbranched alkanes of at least 4 members (excludes halogenated alkanes) is 1. The van der Waals surface area contributed by atoms with E-state index < -0.39 is 0 Å². The number of halogens is 2. The zero-order valence-electron chi connectivity index (χ0n) is 14.1. The Kier molecular flexibility index (Phi) is 7.03. The summed E-state index contributed by atoms with van der Waals surface area (Å²) >= 11 is 8.46. The van der Waals surface area contributed by atoms with Crippen LogP contribution in [0.5, 0.6) is 0 Å². The van der Waals surface area contributed by atoms with E-state index in [4.69, 9.17) is 16.3 Å². The molecule has 5 nitrogen and oxygen atoms in total. The molecule has 0 fully saturated rings. The number of fused-ring (bicyclic) bond motifs is 1. The van der Waals surface area contributed by atoms with Crippen LogP contribution in [0, 0.1) is 3.57 Å². The summed E-state index contributed by atoms with van der Waals surface area (Å²) in [4.78, 5) is 22.5. The molecule has 130 valence electrons. The van der Waals surface area contributed by atoms with Crippen LogP contribution in [-0.4, -0.2) is 29.0 Å². The van der Waals surface area contributed by atoms with Crippen LogP contribution in [0.4, 0.5) is 5.82 Å². The highest BCUT2D eigenvalue weighted by Crippen LogP contribution is 2.30. The van der Waals surface area contributed by atoms with Crippen molar-refractivity contribution in [1.29, 1.82) is 0 Å². The maximum atomic E-state index is 11.1. The van der Waals surface area contributed by atoms with Gasteiger partial charge in [-0.3, -0.25) is 4.79 Å². The highest BCUT2D eigenvalue weighted by atomic mass is 127. The monoisotopic (exact) mass is 461 g/mol. The minimum absolute atomic E-state index is 0.0717. The van der Waals surface area contributed by atoms with Gasteiger partial charge in [0.1, 0.15) is 5.82 Å². The minimum Gasteiger partial charge on any atom is -0.458 e. The van der Waals surface area contributed by atoms with Crippen LogP contribution in [0.25, 0.3) is 10.9 Å². The molecule has 0 aliphatic rings. The molecule has 1 heterocycles. The normalized spacial score (nSPS) is 10.9. The molecular formula is C17H21ClIN3O2. The van der Waals surface area contributed by atoms with Crippen molar-refractivity contribution in [3.05, 3.63) is 26.5 Å². The average Bonchev–Trinajstić information content (AvgIpc) is 2.54. The minimum atomic E-state index is -0.343. The molecule has 1 aromatic carbocycles. The lowest BCUT2D eigenvalue weighted by atomic mass is 10.2. The van der Waals surface area contributed by atoms with Gasteiger partial charge < -0.3 is 9.64 Å². The molecule has 0 atom stereocenters. The molecular weight excluding hydrogens is 441 g/mol. The molecule has 0 spiro atoms. The Hall–Kier alpha value is -1.15. The smallest absolute Gasteiger partial charge is 0.303 e. The van der Waals surface area contributed by atoms with Gasteiger partial charge in [-0.15, -0.1) is 0 Å². The Morgan fingerprint density at radius 1 is 1.33 bits per heavy atom. The van der Waals surface area contributed by atoms with E-state index in [1.54, 1.807) is 0 Å². The van der Waals surface area contributed by atoms with Crippen molar-refractivity contribution in [2.45, 2.75) is 40.2 Å². The number of hydrogen-bond donors (Lipinski definition) is 0. The third-order valence-electron chi connectivity index (χ3n) is 3.61. The van der Waals surface area contributed by atoms with Gasteiger partial charge in [0.15, 0.2) is 12.4 Å². The molecule has 0 aliphatic carbocycles. The summed E-state index contributed by atoms with van der Waals surface area (Å²) in [6.45, 7) is 7.47. The van der Waals surface area contributed by atoms with Gasteiger partial charge in [-0.05, 0) is 48.1 Å². The van der Waals surface area contributed by atoms with E-state index in [9.17, 15) is 4.79 Å². The molecule has 0 saturated carbocycles. The van der Waals surface area contributed by atoms with E-state index in [1.807, 2.05) is 12.1 Å². The lowest BCUT2D eigenvalue weighted by Gasteiger charge is -2.24. The van der Waals surface area contributed by atoms with E-state index >= 15 is 0 Å². The number of carbonyl (C=O) groups excluding carboxylic acids is 1. The Morgan fingerprint density at radius 2 is 2.08 bits per heavy atom. The van der Waals surface area contributed by atoms with Gasteiger partial charge in [0, 0.05) is 34.0 Å². The van der Waals surface area contributed by atoms with Crippen LogP contribution in [0.15, 0.2) is 12.1 Å². The number of carbonyl (C=O) groups is 1. The number of rotatable bonds is 7. The van der Waals surface area contributed by atoms with Gasteiger partial charge in [-0.25, -0.2) is 9.97 Å². The maximum Gasteiger partial charge on any atom is 0.303 e. The van der Waals surface area contributed by atoms with Crippen LogP contribution < -0.4 is 4.90 Å². The second-order valence-electron chi connectivity index (χ2n) is 5.46. The fourth-order valence-corrected chi connectivity index (χ4v) is 3.57. The lowest BCUT2D eigenvalue weighted by Crippen LogP contribution is -2.26. The van der Waals surface area contributed by atoms with Crippen LogP contribution in [0.1, 0.15) is 39.4 Å². The maximum absolute atomic E-state index is 11.1. The van der Waals surface area contributed by atoms with Crippen molar-refractivity contribution < 1.29 is 9.53 Å². The fraction of sp³-hybridized carbons (Fsp3) is 0.471. The van der Waals surface area contributed by atoms with Crippen LogP contribution in [0.3, 0.4) is 0 Å². The van der Waals surface area contributed by atoms with E-state index in [0.717, 1.165) is 46.2 Å². The third-order valence-corrected chi connectivity index (χ3v) is 4.65. The molecule has 0 N–H and O–H groups in total. The van der Waals surface area contributed by atoms with E-state index in [2.05, 4.69) is 51.3 Å². The molecule has 7 heteroatoms. The van der Waals surface area contributed by atoms with Gasteiger partial charge in [0.25, 0.3) is 0 Å². The molecule has 0 bridgehead atoms. The Balaban J connectivity index is 2.57. The summed E-state index contributed by atoms with van der Waals surface area (Å²) in [5, 5.41) is 1.59. The molecule has 0 saturated heterocycles. The van der Waals surface area contributed by atoms with Crippen molar-refractivity contribution in [1.82, 2.24) is 9.97 Å². The predicted molar refractivity (Wildman–Crippen MR) is 106 cm³/mol. The molecule has 0 radical (unpaired) electrons. The topological polar surface area (TPSA) is 55.3 Å².